The van der Waals surface area contributed by atoms with E-state index in [1.807, 2.05) is 30.5 Å². The van der Waals surface area contributed by atoms with Gasteiger partial charge in [0, 0.05) is 11.6 Å². The van der Waals surface area contributed by atoms with Crippen molar-refractivity contribution in [3.63, 3.8) is 0 Å². The third kappa shape index (κ3) is 5.44. The quantitative estimate of drug-likeness (QED) is 0.572. The van der Waals surface area contributed by atoms with Gasteiger partial charge in [-0.3, -0.25) is 10.3 Å². The zero-order valence-corrected chi connectivity index (χ0v) is 9.92. The first-order chi connectivity index (χ1) is 8.38. The molecule has 0 bridgehead atoms. The van der Waals surface area contributed by atoms with Crippen molar-refractivity contribution in [2.24, 2.45) is 5.73 Å². The third-order valence-electron chi connectivity index (χ3n) is 1.78. The van der Waals surface area contributed by atoms with Crippen LogP contribution in [0.1, 0.15) is 0 Å². The average molecular weight is 273 g/mol. The summed E-state index contributed by atoms with van der Waals surface area (Å²) in [7, 11) is 0. The van der Waals surface area contributed by atoms with Gasteiger partial charge in [-0.05, 0) is 24.4 Å². The molecule has 7 heteroatoms. The Hall–Kier alpha value is -1.89. The third-order valence-corrected chi connectivity index (χ3v) is 1.88. The van der Waals surface area contributed by atoms with E-state index < -0.39 is 11.4 Å². The van der Waals surface area contributed by atoms with E-state index in [0.29, 0.717) is 0 Å². The molecule has 0 spiro atoms. The number of fused-ring (bicyclic) bond motifs is 1. The second-order valence-electron chi connectivity index (χ2n) is 3.18. The van der Waals surface area contributed by atoms with Gasteiger partial charge in [-0.1, -0.05) is 24.3 Å². The lowest BCUT2D eigenvalue weighted by Gasteiger charge is -2.05. The maximum atomic E-state index is 11.0. The standard InChI is InChI=1S/C9H7N.C2H3F3N2S/c1-2-6-9-8(4-1)5-3-7-10-9;3-2(4,5)7-1(6)8/h1-7H;(H3,6,7,8). The lowest BCUT2D eigenvalue weighted by molar-refractivity contribution is -0.141. The van der Waals surface area contributed by atoms with Crippen LogP contribution in [0.2, 0.25) is 0 Å². The highest BCUT2D eigenvalue weighted by atomic mass is 32.1. The van der Waals surface area contributed by atoms with Gasteiger partial charge in [0.05, 0.1) is 5.52 Å². The molecule has 96 valence electrons. The van der Waals surface area contributed by atoms with Crippen LogP contribution in [-0.2, 0) is 0 Å². The summed E-state index contributed by atoms with van der Waals surface area (Å²) in [5.74, 6) is 0. The summed E-state index contributed by atoms with van der Waals surface area (Å²) in [5.41, 5.74) is 5.54. The first-order valence-corrected chi connectivity index (χ1v) is 5.23. The van der Waals surface area contributed by atoms with Gasteiger partial charge < -0.3 is 5.73 Å². The molecule has 2 rings (SSSR count). The van der Waals surface area contributed by atoms with Gasteiger partial charge in [0.25, 0.3) is 0 Å². The van der Waals surface area contributed by atoms with Crippen molar-refractivity contribution in [2.45, 2.75) is 6.30 Å². The molecule has 18 heavy (non-hydrogen) atoms. The van der Waals surface area contributed by atoms with Crippen LogP contribution in [0.5, 0.6) is 0 Å². The Kier molecular flexibility index (Phi) is 4.85. The molecule has 0 saturated carbocycles. The number of nitrogens with zero attached hydrogens (tertiary/aromatic N) is 1. The summed E-state index contributed by atoms with van der Waals surface area (Å²) in [5, 5.41) is 1.32. The Morgan fingerprint density at radius 2 is 1.78 bits per heavy atom. The molecule has 2 aromatic rings. The van der Waals surface area contributed by atoms with E-state index in [1.54, 1.807) is 0 Å². The van der Waals surface area contributed by atoms with Crippen LogP contribution >= 0.6 is 12.2 Å². The lowest BCUT2D eigenvalue weighted by Crippen LogP contribution is -2.40. The van der Waals surface area contributed by atoms with Gasteiger partial charge in [0.15, 0.2) is 5.11 Å². The molecule has 0 aliphatic rings. The number of aromatic nitrogens is 1. The second kappa shape index (κ2) is 6.15. The Balaban J connectivity index is 0.000000187. The number of nitrogens with two attached hydrogens (primary N) is 1. The van der Waals surface area contributed by atoms with E-state index in [1.165, 1.54) is 5.39 Å². The monoisotopic (exact) mass is 273 g/mol. The van der Waals surface area contributed by atoms with E-state index in [4.69, 9.17) is 0 Å². The highest BCUT2D eigenvalue weighted by Gasteiger charge is 2.27. The van der Waals surface area contributed by atoms with Crippen molar-refractivity contribution in [2.75, 3.05) is 0 Å². The molecule has 0 radical (unpaired) electrons. The highest BCUT2D eigenvalue weighted by Crippen LogP contribution is 2.08. The van der Waals surface area contributed by atoms with Crippen molar-refractivity contribution in [3.05, 3.63) is 42.6 Å². The molecule has 3 N–H and O–H groups in total. The highest BCUT2D eigenvalue weighted by molar-refractivity contribution is 7.80. The van der Waals surface area contributed by atoms with Gasteiger partial charge >= 0.3 is 6.30 Å². The van der Waals surface area contributed by atoms with E-state index in [-0.39, 0.29) is 0 Å². The summed E-state index contributed by atoms with van der Waals surface area (Å²) >= 11 is 3.89. The van der Waals surface area contributed by atoms with Crippen LogP contribution in [0.25, 0.3) is 10.9 Å². The van der Waals surface area contributed by atoms with Crippen LogP contribution < -0.4 is 11.1 Å². The molecule has 3 nitrogen and oxygen atoms in total. The minimum atomic E-state index is -4.49. The molecule has 0 aliphatic heterocycles. The number of thiocarbonyl (C=S) groups is 1. The molecular formula is C11H10F3N3S. The summed E-state index contributed by atoms with van der Waals surface area (Å²) in [6.45, 7) is 0. The molecule has 0 amide bonds. The molecule has 1 aromatic heterocycles. The Labute approximate surface area is 107 Å². The van der Waals surface area contributed by atoms with E-state index in [2.05, 4.69) is 35.1 Å². The number of rotatable bonds is 0. The maximum absolute atomic E-state index is 11.0. The zero-order valence-electron chi connectivity index (χ0n) is 9.11. The van der Waals surface area contributed by atoms with Gasteiger partial charge in [0.2, 0.25) is 0 Å². The zero-order chi connectivity index (χ0) is 13.6. The first-order valence-electron chi connectivity index (χ1n) is 4.82. The largest absolute Gasteiger partial charge is 0.484 e. The van der Waals surface area contributed by atoms with Crippen LogP contribution in [0.4, 0.5) is 13.2 Å². The number of para-hydroxylation sites is 1. The fourth-order valence-corrected chi connectivity index (χ4v) is 1.27. The second-order valence-corrected chi connectivity index (χ2v) is 3.62. The van der Waals surface area contributed by atoms with Crippen molar-refractivity contribution < 1.29 is 13.2 Å². The van der Waals surface area contributed by atoms with Crippen molar-refractivity contribution in [1.29, 1.82) is 0 Å². The molecule has 0 aliphatic carbocycles. The van der Waals surface area contributed by atoms with Crippen LogP contribution in [0.3, 0.4) is 0 Å². The summed E-state index contributed by atoms with van der Waals surface area (Å²) < 4.78 is 33.1. The molecular weight excluding hydrogens is 263 g/mol. The predicted molar refractivity (Wildman–Crippen MR) is 67.7 cm³/mol. The minimum Gasteiger partial charge on any atom is -0.376 e. The fourth-order valence-electron chi connectivity index (χ4n) is 1.16. The number of hydrogen-bond acceptors (Lipinski definition) is 2. The van der Waals surface area contributed by atoms with Gasteiger partial charge in [0.1, 0.15) is 0 Å². The van der Waals surface area contributed by atoms with Crippen LogP contribution in [0.15, 0.2) is 42.6 Å². The van der Waals surface area contributed by atoms with Gasteiger partial charge in [-0.15, -0.1) is 0 Å². The molecule has 1 heterocycles. The average Bonchev–Trinajstić information content (AvgIpc) is 2.27. The van der Waals surface area contributed by atoms with Crippen molar-refractivity contribution in [1.82, 2.24) is 10.3 Å². The topological polar surface area (TPSA) is 50.9 Å². The molecule has 0 fully saturated rings. The van der Waals surface area contributed by atoms with Crippen LogP contribution in [-0.4, -0.2) is 16.4 Å². The van der Waals surface area contributed by atoms with Gasteiger partial charge in [-0.2, -0.15) is 13.2 Å². The molecule has 0 atom stereocenters. The smallest absolute Gasteiger partial charge is 0.376 e. The Bertz CT molecular complexity index is 463. The predicted octanol–water partition coefficient (Wildman–Crippen LogP) is 2.57. The van der Waals surface area contributed by atoms with Crippen molar-refractivity contribution in [3.8, 4) is 0 Å². The fraction of sp³-hybridized carbons (Fsp3) is 0.0909. The normalized spacial score (nSPS) is 10.4. The first kappa shape index (κ1) is 14.2. The van der Waals surface area contributed by atoms with Crippen molar-refractivity contribution >= 4 is 28.2 Å². The van der Waals surface area contributed by atoms with Crippen LogP contribution in [0, 0.1) is 0 Å². The Morgan fingerprint density at radius 1 is 1.17 bits per heavy atom. The van der Waals surface area contributed by atoms with E-state index in [9.17, 15) is 13.2 Å². The summed E-state index contributed by atoms with van der Waals surface area (Å²) in [6, 6.07) is 12.1. The lowest BCUT2D eigenvalue weighted by atomic mass is 10.2. The number of halogens is 3. The van der Waals surface area contributed by atoms with Gasteiger partial charge in [-0.25, -0.2) is 0 Å². The summed E-state index contributed by atoms with van der Waals surface area (Å²) in [6.07, 6.45) is -2.69. The molecule has 0 saturated heterocycles. The number of alkyl halides is 3. The Morgan fingerprint density at radius 3 is 2.28 bits per heavy atom. The number of pyridine rings is 1. The maximum Gasteiger partial charge on any atom is 0.484 e. The molecule has 0 unspecified atom stereocenters. The number of benzene rings is 1. The van der Waals surface area contributed by atoms with E-state index >= 15 is 0 Å². The summed E-state index contributed by atoms with van der Waals surface area (Å²) in [4.78, 5) is 4.18. The van der Waals surface area contributed by atoms with E-state index in [0.717, 1.165) is 10.8 Å². The minimum absolute atomic E-state index is 0.766. The SMILES string of the molecule is NC(=S)NC(F)(F)F.c1ccc2ncccc2c1. The number of nitrogens with one attached hydrogen (secondary N) is 1. The molecule has 1 aromatic carbocycles. The number of hydrogen-bond donors (Lipinski definition) is 2.